The van der Waals surface area contributed by atoms with E-state index in [1.54, 1.807) is 24.1 Å². The Bertz CT molecular complexity index is 625. The molecular formula is C17H22FN3O3. The topological polar surface area (TPSA) is 61.9 Å². The van der Waals surface area contributed by atoms with E-state index in [1.165, 1.54) is 12.1 Å². The van der Waals surface area contributed by atoms with Crippen molar-refractivity contribution < 1.29 is 18.7 Å². The molecule has 3 rings (SSSR count). The quantitative estimate of drug-likeness (QED) is 0.884. The van der Waals surface area contributed by atoms with Gasteiger partial charge in [-0.25, -0.2) is 9.18 Å². The Balaban J connectivity index is 1.58. The highest BCUT2D eigenvalue weighted by Crippen LogP contribution is 2.32. The van der Waals surface area contributed by atoms with Crippen LogP contribution in [0, 0.1) is 5.82 Å². The molecule has 2 atom stereocenters. The van der Waals surface area contributed by atoms with Crippen LogP contribution in [0.25, 0.3) is 0 Å². The Morgan fingerprint density at radius 1 is 1.42 bits per heavy atom. The van der Waals surface area contributed by atoms with Gasteiger partial charge in [-0.05, 0) is 24.1 Å². The fourth-order valence-electron chi connectivity index (χ4n) is 3.59. The first-order valence-electron chi connectivity index (χ1n) is 8.17. The molecule has 6 nitrogen and oxygen atoms in total. The summed E-state index contributed by atoms with van der Waals surface area (Å²) in [5, 5.41) is 2.82. The molecule has 2 heterocycles. The van der Waals surface area contributed by atoms with Crippen LogP contribution in [0.2, 0.25) is 0 Å². The molecule has 0 spiro atoms. The van der Waals surface area contributed by atoms with Gasteiger partial charge >= 0.3 is 6.03 Å². The average molecular weight is 335 g/mol. The summed E-state index contributed by atoms with van der Waals surface area (Å²) in [7, 11) is 1.61. The molecular weight excluding hydrogens is 313 g/mol. The zero-order valence-corrected chi connectivity index (χ0v) is 13.7. The molecule has 0 radical (unpaired) electrons. The number of ether oxygens (including phenoxy) is 1. The Morgan fingerprint density at radius 3 is 3.00 bits per heavy atom. The number of amides is 3. The Hall–Kier alpha value is -2.15. The normalized spacial score (nSPS) is 22.8. The van der Waals surface area contributed by atoms with E-state index >= 15 is 0 Å². The third-order valence-corrected chi connectivity index (χ3v) is 4.74. The van der Waals surface area contributed by atoms with Crippen molar-refractivity contribution in [2.75, 3.05) is 26.8 Å². The molecule has 0 bridgehead atoms. The number of hydrogen-bond acceptors (Lipinski definition) is 3. The summed E-state index contributed by atoms with van der Waals surface area (Å²) in [6.07, 6.45) is 1.15. The first kappa shape index (κ1) is 16.7. The predicted octanol–water partition coefficient (Wildman–Crippen LogP) is 1.36. The fraction of sp³-hybridized carbons (Fsp3) is 0.529. The summed E-state index contributed by atoms with van der Waals surface area (Å²) in [5.41, 5.74) is 0.711. The molecule has 3 amide bonds. The van der Waals surface area contributed by atoms with E-state index in [-0.39, 0.29) is 36.4 Å². The first-order chi connectivity index (χ1) is 11.6. The van der Waals surface area contributed by atoms with Gasteiger partial charge in [0, 0.05) is 33.2 Å². The molecule has 0 aliphatic carbocycles. The van der Waals surface area contributed by atoms with Gasteiger partial charge in [-0.1, -0.05) is 12.1 Å². The summed E-state index contributed by atoms with van der Waals surface area (Å²) in [6, 6.07) is 5.95. The van der Waals surface area contributed by atoms with Crippen LogP contribution < -0.4 is 5.32 Å². The maximum absolute atomic E-state index is 13.2. The summed E-state index contributed by atoms with van der Waals surface area (Å²) < 4.78 is 18.2. The van der Waals surface area contributed by atoms with Crippen molar-refractivity contribution in [1.82, 2.24) is 15.1 Å². The highest BCUT2D eigenvalue weighted by atomic mass is 19.1. The fourth-order valence-corrected chi connectivity index (χ4v) is 3.59. The van der Waals surface area contributed by atoms with Crippen LogP contribution in [-0.4, -0.2) is 60.6 Å². The zero-order valence-electron chi connectivity index (χ0n) is 13.7. The van der Waals surface area contributed by atoms with Crippen LogP contribution in [0.15, 0.2) is 24.3 Å². The number of hydrogen-bond donors (Lipinski definition) is 1. The summed E-state index contributed by atoms with van der Waals surface area (Å²) in [6.45, 7) is 1.96. The number of urea groups is 1. The van der Waals surface area contributed by atoms with Crippen molar-refractivity contribution in [3.05, 3.63) is 35.6 Å². The van der Waals surface area contributed by atoms with Crippen LogP contribution >= 0.6 is 0 Å². The molecule has 2 aliphatic heterocycles. The second kappa shape index (κ2) is 7.17. The standard InChI is InChI=1S/C17H22FN3O3/c1-24-8-7-20-14-5-6-21(15(14)10-16(20)22)17(23)19-11-12-3-2-4-13(18)9-12/h2-4,9,14-15H,5-8,10-11H2,1H3,(H,19,23)/t14-,15-/m1/s1. The number of nitrogens with one attached hydrogen (secondary N) is 1. The molecule has 0 unspecified atom stereocenters. The van der Waals surface area contributed by atoms with E-state index in [4.69, 9.17) is 4.74 Å². The van der Waals surface area contributed by atoms with E-state index < -0.39 is 0 Å². The number of carbonyl (C=O) groups excluding carboxylic acids is 2. The summed E-state index contributed by atoms with van der Waals surface area (Å²) >= 11 is 0. The monoisotopic (exact) mass is 335 g/mol. The lowest BCUT2D eigenvalue weighted by Gasteiger charge is -2.25. The molecule has 130 valence electrons. The second-order valence-electron chi connectivity index (χ2n) is 6.19. The van der Waals surface area contributed by atoms with E-state index in [9.17, 15) is 14.0 Å². The molecule has 0 aromatic heterocycles. The van der Waals surface area contributed by atoms with Crippen LogP contribution in [-0.2, 0) is 16.1 Å². The third-order valence-electron chi connectivity index (χ3n) is 4.74. The second-order valence-corrected chi connectivity index (χ2v) is 6.19. The lowest BCUT2D eigenvalue weighted by Crippen LogP contribution is -2.44. The van der Waals surface area contributed by atoms with Crippen molar-refractivity contribution in [3.8, 4) is 0 Å². The van der Waals surface area contributed by atoms with Crippen molar-refractivity contribution in [2.45, 2.75) is 31.5 Å². The molecule has 2 fully saturated rings. The molecule has 2 saturated heterocycles. The molecule has 2 aliphatic rings. The van der Waals surface area contributed by atoms with Gasteiger partial charge in [0.15, 0.2) is 0 Å². The van der Waals surface area contributed by atoms with E-state index in [2.05, 4.69) is 5.32 Å². The lowest BCUT2D eigenvalue weighted by molar-refractivity contribution is -0.129. The van der Waals surface area contributed by atoms with Gasteiger partial charge in [0.05, 0.1) is 18.7 Å². The summed E-state index contributed by atoms with van der Waals surface area (Å²) in [4.78, 5) is 28.1. The minimum Gasteiger partial charge on any atom is -0.383 e. The van der Waals surface area contributed by atoms with Gasteiger partial charge < -0.3 is 19.9 Å². The van der Waals surface area contributed by atoms with Crippen LogP contribution in [0.1, 0.15) is 18.4 Å². The predicted molar refractivity (Wildman–Crippen MR) is 85.7 cm³/mol. The molecule has 24 heavy (non-hydrogen) atoms. The van der Waals surface area contributed by atoms with E-state index in [0.29, 0.717) is 31.7 Å². The molecule has 7 heteroatoms. The molecule has 1 aromatic rings. The lowest BCUT2D eigenvalue weighted by atomic mass is 10.1. The average Bonchev–Trinajstić information content (AvgIpc) is 3.09. The van der Waals surface area contributed by atoms with Crippen molar-refractivity contribution in [2.24, 2.45) is 0 Å². The van der Waals surface area contributed by atoms with Gasteiger partial charge in [0.1, 0.15) is 5.82 Å². The minimum atomic E-state index is -0.321. The number of halogens is 1. The van der Waals surface area contributed by atoms with Gasteiger partial charge in [-0.2, -0.15) is 0 Å². The maximum Gasteiger partial charge on any atom is 0.318 e. The Labute approximate surface area is 140 Å². The third kappa shape index (κ3) is 3.36. The largest absolute Gasteiger partial charge is 0.383 e. The van der Waals surface area contributed by atoms with Crippen LogP contribution in [0.3, 0.4) is 0 Å². The highest BCUT2D eigenvalue weighted by Gasteiger charge is 2.47. The maximum atomic E-state index is 13.2. The van der Waals surface area contributed by atoms with Crippen molar-refractivity contribution in [3.63, 3.8) is 0 Å². The number of likely N-dealkylation sites (tertiary alicyclic amines) is 2. The molecule has 0 saturated carbocycles. The Kier molecular flexibility index (Phi) is 4.99. The van der Waals surface area contributed by atoms with Crippen LogP contribution in [0.5, 0.6) is 0 Å². The molecule has 1 aromatic carbocycles. The van der Waals surface area contributed by atoms with Gasteiger partial charge in [0.25, 0.3) is 0 Å². The van der Waals surface area contributed by atoms with Crippen molar-refractivity contribution in [1.29, 1.82) is 0 Å². The Morgan fingerprint density at radius 2 is 2.25 bits per heavy atom. The van der Waals surface area contributed by atoms with Crippen molar-refractivity contribution >= 4 is 11.9 Å². The highest BCUT2D eigenvalue weighted by molar-refractivity contribution is 5.83. The van der Waals surface area contributed by atoms with Gasteiger partial charge in [-0.15, -0.1) is 0 Å². The van der Waals surface area contributed by atoms with E-state index in [0.717, 1.165) is 6.42 Å². The number of rotatable bonds is 5. The van der Waals surface area contributed by atoms with E-state index in [1.807, 2.05) is 4.90 Å². The zero-order chi connectivity index (χ0) is 17.1. The number of benzene rings is 1. The number of carbonyl (C=O) groups is 2. The summed E-state index contributed by atoms with van der Waals surface area (Å²) in [5.74, 6) is -0.247. The smallest absolute Gasteiger partial charge is 0.318 e. The molecule has 1 N–H and O–H groups in total. The minimum absolute atomic E-state index is 0.0738. The number of methoxy groups -OCH3 is 1. The van der Waals surface area contributed by atoms with Gasteiger partial charge in [-0.3, -0.25) is 4.79 Å². The number of nitrogens with zero attached hydrogens (tertiary/aromatic N) is 2. The van der Waals surface area contributed by atoms with Gasteiger partial charge in [0.2, 0.25) is 5.91 Å². The first-order valence-corrected chi connectivity index (χ1v) is 8.17. The SMILES string of the molecule is COCCN1C(=O)C[C@@H]2[C@H]1CCN2C(=O)NCc1cccc(F)c1. The van der Waals surface area contributed by atoms with Crippen LogP contribution in [0.4, 0.5) is 9.18 Å². The number of fused-ring (bicyclic) bond motifs is 1.